The average molecular weight is 1210 g/mol. The lowest BCUT2D eigenvalue weighted by Gasteiger charge is -2.30. The van der Waals surface area contributed by atoms with Crippen LogP contribution in [0.5, 0.6) is 0 Å². The first-order valence-electron chi connectivity index (χ1n) is 32.1. The number of pyridine rings is 3. The molecule has 15 aromatic rings. The summed E-state index contributed by atoms with van der Waals surface area (Å²) in [7, 11) is 0. The minimum absolute atomic E-state index is 0.940. The molecule has 0 bridgehead atoms. The molecule has 0 unspecified atom stereocenters. The van der Waals surface area contributed by atoms with Crippen LogP contribution in [-0.2, 0) is 0 Å². The fourth-order valence-electron chi connectivity index (χ4n) is 13.5. The lowest BCUT2D eigenvalue weighted by atomic mass is 9.92. The van der Waals surface area contributed by atoms with Crippen molar-refractivity contribution in [2.45, 2.75) is 41.5 Å². The van der Waals surface area contributed by atoms with E-state index in [4.69, 9.17) is 15.0 Å². The highest BCUT2D eigenvalue weighted by Gasteiger charge is 2.25. The zero-order valence-corrected chi connectivity index (χ0v) is 53.6. The Balaban J connectivity index is 0.911. The fourth-order valence-corrected chi connectivity index (χ4v) is 13.5. The van der Waals surface area contributed by atoms with Gasteiger partial charge in [-0.1, -0.05) is 146 Å². The third-order valence-electron chi connectivity index (χ3n) is 18.3. The Morgan fingerprint density at radius 3 is 0.660 bits per heavy atom. The van der Waals surface area contributed by atoms with E-state index >= 15 is 0 Å². The first kappa shape index (κ1) is 58.4. The summed E-state index contributed by atoms with van der Waals surface area (Å²) < 4.78 is 0. The predicted octanol–water partition coefficient (Wildman–Crippen LogP) is 24.1. The van der Waals surface area contributed by atoms with E-state index in [1.54, 1.807) is 0 Å². The van der Waals surface area contributed by atoms with Crippen molar-refractivity contribution in [2.24, 2.45) is 0 Å². The maximum atomic E-state index is 4.96. The molecule has 452 valence electrons. The molecule has 0 radical (unpaired) electrons. The van der Waals surface area contributed by atoms with Crippen molar-refractivity contribution in [3.63, 3.8) is 0 Å². The molecule has 0 saturated heterocycles. The molecule has 0 aliphatic carbocycles. The molecule has 0 saturated carbocycles. The number of benzene rings is 12. The Morgan fingerprint density at radius 1 is 0.191 bits per heavy atom. The van der Waals surface area contributed by atoms with Crippen LogP contribution in [-0.4, -0.2) is 15.0 Å². The van der Waals surface area contributed by atoms with E-state index in [1.165, 1.54) is 33.4 Å². The molecule has 12 aromatic carbocycles. The summed E-state index contributed by atoms with van der Waals surface area (Å²) in [6, 6.07) is 105. The van der Waals surface area contributed by atoms with Gasteiger partial charge in [-0.15, -0.1) is 0 Å². The van der Waals surface area contributed by atoms with E-state index in [0.717, 1.165) is 134 Å². The van der Waals surface area contributed by atoms with E-state index in [1.807, 2.05) is 36.8 Å². The highest BCUT2D eigenvalue weighted by atomic mass is 15.2. The number of hydrogen-bond donors (Lipinski definition) is 0. The summed E-state index contributed by atoms with van der Waals surface area (Å²) in [5.74, 6) is 0. The number of aryl methyl sites for hydroxylation is 6. The number of anilines is 12. The highest BCUT2D eigenvalue weighted by Crippen LogP contribution is 2.48. The summed E-state index contributed by atoms with van der Waals surface area (Å²) in [5, 5.41) is 3.25. The van der Waals surface area contributed by atoms with Crippen molar-refractivity contribution < 1.29 is 0 Å². The third-order valence-corrected chi connectivity index (χ3v) is 18.3. The quantitative estimate of drug-likeness (QED) is 0.101. The molecule has 0 spiro atoms. The van der Waals surface area contributed by atoms with Crippen LogP contribution in [0, 0.1) is 41.5 Å². The first-order valence-corrected chi connectivity index (χ1v) is 32.1. The maximum Gasteiger partial charge on any atom is 0.0942 e. The molecule has 94 heavy (non-hydrogen) atoms. The second-order valence-corrected chi connectivity index (χ2v) is 24.4. The van der Waals surface area contributed by atoms with Crippen molar-refractivity contribution in [3.8, 4) is 33.4 Å². The lowest BCUT2D eigenvalue weighted by Crippen LogP contribution is -2.12. The number of para-hydroxylation sites is 6. The summed E-state index contributed by atoms with van der Waals surface area (Å²) in [5.41, 5.74) is 29.1. The van der Waals surface area contributed by atoms with Gasteiger partial charge in [0.15, 0.2) is 0 Å². The van der Waals surface area contributed by atoms with E-state index in [2.05, 4.69) is 334 Å². The normalized spacial score (nSPS) is 11.3. The van der Waals surface area contributed by atoms with Crippen LogP contribution < -0.4 is 19.6 Å². The van der Waals surface area contributed by atoms with Gasteiger partial charge in [0.2, 0.25) is 0 Å². The van der Waals surface area contributed by atoms with Gasteiger partial charge in [-0.3, -0.25) is 15.0 Å². The van der Waals surface area contributed by atoms with Crippen LogP contribution in [0.2, 0.25) is 0 Å². The van der Waals surface area contributed by atoms with Gasteiger partial charge in [0, 0.05) is 85.9 Å². The Bertz CT molecular complexity index is 4770. The standard InChI is InChI=1S/C87H69N7/c1-58-37-43-70(52-76(58)79-55-73(46-40-61(79)4)92(67-28-10-7-11-29-67)82-34-16-22-64-25-19-49-88-85(64)82)91(71-44-38-59(2)77(53-71)80-56-74(47-41-62(80)5)93(68-30-12-8-13-31-68)83-35-17-23-65-26-20-50-89-86(65)83)72-45-39-60(3)78(54-72)81-57-75(48-42-63(81)6)94(69-32-14-9-15-33-69)84-36-18-24-66-27-21-51-90-87(66)84/h7-57H,1-6H3. The summed E-state index contributed by atoms with van der Waals surface area (Å²) in [6.45, 7) is 13.4. The van der Waals surface area contributed by atoms with Gasteiger partial charge in [0.05, 0.1) is 33.6 Å². The van der Waals surface area contributed by atoms with E-state index in [-0.39, 0.29) is 0 Å². The monoisotopic (exact) mass is 1210 g/mol. The van der Waals surface area contributed by atoms with E-state index in [0.29, 0.717) is 0 Å². The summed E-state index contributed by atoms with van der Waals surface area (Å²) in [4.78, 5) is 24.4. The van der Waals surface area contributed by atoms with Crippen LogP contribution in [0.15, 0.2) is 310 Å². The van der Waals surface area contributed by atoms with Crippen molar-refractivity contribution in [1.29, 1.82) is 0 Å². The first-order chi connectivity index (χ1) is 46.1. The van der Waals surface area contributed by atoms with Gasteiger partial charge in [-0.05, 0) is 254 Å². The van der Waals surface area contributed by atoms with Gasteiger partial charge in [0.25, 0.3) is 0 Å². The minimum atomic E-state index is 0.940. The number of aromatic nitrogens is 3. The van der Waals surface area contributed by atoms with Crippen LogP contribution in [0.3, 0.4) is 0 Å². The Labute approximate surface area is 550 Å². The molecule has 0 atom stereocenters. The van der Waals surface area contributed by atoms with E-state index in [9.17, 15) is 0 Å². The molecule has 0 aliphatic heterocycles. The largest absolute Gasteiger partial charge is 0.310 e. The molecule has 0 N–H and O–H groups in total. The maximum absolute atomic E-state index is 4.96. The Hall–Kier alpha value is -11.9. The van der Waals surface area contributed by atoms with Crippen molar-refractivity contribution in [3.05, 3.63) is 343 Å². The van der Waals surface area contributed by atoms with Gasteiger partial charge in [-0.2, -0.15) is 0 Å². The lowest BCUT2D eigenvalue weighted by molar-refractivity contribution is 1.25. The molecular weight excluding hydrogens is 1140 g/mol. The second kappa shape index (κ2) is 25.0. The zero-order chi connectivity index (χ0) is 63.8. The smallest absolute Gasteiger partial charge is 0.0942 e. The van der Waals surface area contributed by atoms with E-state index < -0.39 is 0 Å². The molecule has 15 rings (SSSR count). The molecule has 7 nitrogen and oxygen atoms in total. The van der Waals surface area contributed by atoms with Crippen molar-refractivity contribution in [2.75, 3.05) is 19.6 Å². The van der Waals surface area contributed by atoms with Gasteiger partial charge in [-0.25, -0.2) is 0 Å². The Kier molecular flexibility index (Phi) is 15.6. The predicted molar refractivity (Wildman–Crippen MR) is 396 cm³/mol. The van der Waals surface area contributed by atoms with Gasteiger partial charge >= 0.3 is 0 Å². The molecule has 7 heteroatoms. The molecule has 0 fully saturated rings. The second-order valence-electron chi connectivity index (χ2n) is 24.4. The number of nitrogens with zero attached hydrogens (tertiary/aromatic N) is 7. The van der Waals surface area contributed by atoms with Crippen molar-refractivity contribution in [1.82, 2.24) is 15.0 Å². The SMILES string of the molecule is Cc1ccc(N(c2ccc(C)c(-c3cc(N(c4ccccc4)c4cccc5cccnc45)ccc3C)c2)c2ccc(C)c(-c3cc(N(c4ccccc4)c4cccc5cccnc45)ccc3C)c2)cc1-c1cc(N(c2ccccc2)c2cccc3cccnc23)ccc1C. The molecule has 0 aliphatic rings. The minimum Gasteiger partial charge on any atom is -0.310 e. The van der Waals surface area contributed by atoms with Crippen molar-refractivity contribution >= 4 is 101 Å². The molecule has 3 aromatic heterocycles. The molecule has 3 heterocycles. The van der Waals surface area contributed by atoms with Crippen LogP contribution in [0.25, 0.3) is 66.1 Å². The average Bonchev–Trinajstić information content (AvgIpc) is 0.826. The number of fused-ring (bicyclic) bond motifs is 3. The zero-order valence-electron chi connectivity index (χ0n) is 53.6. The molecular formula is C87H69N7. The summed E-state index contributed by atoms with van der Waals surface area (Å²) in [6.07, 6.45) is 5.66. The topological polar surface area (TPSA) is 51.6 Å². The Morgan fingerprint density at radius 2 is 0.415 bits per heavy atom. The fraction of sp³-hybridized carbons (Fsp3) is 0.0690. The van der Waals surface area contributed by atoms with Crippen LogP contribution in [0.1, 0.15) is 33.4 Å². The third kappa shape index (κ3) is 11.0. The molecule has 0 amide bonds. The highest BCUT2D eigenvalue weighted by molar-refractivity contribution is 6.00. The number of hydrogen-bond acceptors (Lipinski definition) is 7. The van der Waals surface area contributed by atoms with Gasteiger partial charge < -0.3 is 19.6 Å². The van der Waals surface area contributed by atoms with Gasteiger partial charge in [0.1, 0.15) is 0 Å². The van der Waals surface area contributed by atoms with Crippen LogP contribution >= 0.6 is 0 Å². The number of rotatable bonds is 15. The summed E-state index contributed by atoms with van der Waals surface area (Å²) >= 11 is 0. The van der Waals surface area contributed by atoms with Crippen LogP contribution in [0.4, 0.5) is 68.2 Å².